The molecule has 21 heavy (non-hydrogen) atoms. The van der Waals surface area contributed by atoms with E-state index >= 15 is 0 Å². The molecule has 0 bridgehead atoms. The zero-order valence-electron chi connectivity index (χ0n) is 12.5. The Morgan fingerprint density at radius 3 is 2.48 bits per heavy atom. The normalized spacial score (nSPS) is 28.6. The fourth-order valence-electron chi connectivity index (χ4n) is 4.34. The molecule has 0 amide bonds. The third kappa shape index (κ3) is 2.26. The van der Waals surface area contributed by atoms with Gasteiger partial charge in [0.05, 0.1) is 0 Å². The molecular formula is C19H22FN. The molecule has 0 radical (unpaired) electrons. The van der Waals surface area contributed by atoms with Crippen LogP contribution in [0.1, 0.15) is 37.8 Å². The van der Waals surface area contributed by atoms with E-state index in [0.29, 0.717) is 12.0 Å². The van der Waals surface area contributed by atoms with Gasteiger partial charge in [0.1, 0.15) is 5.82 Å². The van der Waals surface area contributed by atoms with Crippen molar-refractivity contribution in [1.29, 1.82) is 0 Å². The maximum Gasteiger partial charge on any atom is 0.131 e. The molecule has 4 rings (SSSR count). The second-order valence-electron chi connectivity index (χ2n) is 6.70. The van der Waals surface area contributed by atoms with Crippen LogP contribution in [0.25, 0.3) is 10.8 Å². The molecule has 3 unspecified atom stereocenters. The Balaban J connectivity index is 1.76. The molecule has 2 aliphatic rings. The molecule has 0 spiro atoms. The molecule has 2 heteroatoms. The molecule has 0 aromatic heterocycles. The van der Waals surface area contributed by atoms with Crippen LogP contribution >= 0.6 is 0 Å². The molecule has 2 saturated carbocycles. The second kappa shape index (κ2) is 5.10. The van der Waals surface area contributed by atoms with Crippen LogP contribution in [0.5, 0.6) is 0 Å². The Labute approximate surface area is 125 Å². The van der Waals surface area contributed by atoms with Crippen molar-refractivity contribution < 1.29 is 4.39 Å². The van der Waals surface area contributed by atoms with Gasteiger partial charge in [-0.2, -0.15) is 0 Å². The van der Waals surface area contributed by atoms with Gasteiger partial charge in [-0.05, 0) is 60.6 Å². The average Bonchev–Trinajstić information content (AvgIpc) is 3.12. The first-order valence-electron chi connectivity index (χ1n) is 8.18. The number of hydrogen-bond donors (Lipinski definition) is 1. The monoisotopic (exact) mass is 283 g/mol. The van der Waals surface area contributed by atoms with E-state index in [-0.39, 0.29) is 5.82 Å². The standard InChI is InChI=1S/C19H22FN/c1-2-21-19(14-10-12-9-13(12)11-14)17-7-8-18(20)16-6-4-3-5-15(16)17/h3-8,12-14,19,21H,2,9-11H2,1H3. The Bertz CT molecular complexity index is 656. The van der Waals surface area contributed by atoms with E-state index in [9.17, 15) is 4.39 Å². The van der Waals surface area contributed by atoms with Crippen LogP contribution in [0.2, 0.25) is 0 Å². The highest BCUT2D eigenvalue weighted by molar-refractivity contribution is 5.86. The highest BCUT2D eigenvalue weighted by Crippen LogP contribution is 2.57. The van der Waals surface area contributed by atoms with Gasteiger partial charge < -0.3 is 5.32 Å². The molecule has 2 fully saturated rings. The minimum absolute atomic E-state index is 0.112. The van der Waals surface area contributed by atoms with Crippen LogP contribution in [0.15, 0.2) is 36.4 Å². The van der Waals surface area contributed by atoms with Crippen molar-refractivity contribution in [2.75, 3.05) is 6.54 Å². The molecule has 2 aliphatic carbocycles. The molecule has 2 aromatic rings. The van der Waals surface area contributed by atoms with Gasteiger partial charge in [0.2, 0.25) is 0 Å². The van der Waals surface area contributed by atoms with Crippen molar-refractivity contribution in [1.82, 2.24) is 5.32 Å². The first kappa shape index (κ1) is 13.3. The summed E-state index contributed by atoms with van der Waals surface area (Å²) in [5.41, 5.74) is 1.28. The summed E-state index contributed by atoms with van der Waals surface area (Å²) in [5, 5.41) is 5.50. The zero-order chi connectivity index (χ0) is 14.4. The number of hydrogen-bond acceptors (Lipinski definition) is 1. The Hall–Kier alpha value is -1.41. The molecule has 3 atom stereocenters. The minimum atomic E-state index is -0.112. The van der Waals surface area contributed by atoms with Crippen LogP contribution in [0.4, 0.5) is 4.39 Å². The van der Waals surface area contributed by atoms with Crippen molar-refractivity contribution in [3.63, 3.8) is 0 Å². The van der Waals surface area contributed by atoms with Crippen molar-refractivity contribution in [3.05, 3.63) is 47.8 Å². The first-order valence-corrected chi connectivity index (χ1v) is 8.18. The third-order valence-corrected chi connectivity index (χ3v) is 5.42. The summed E-state index contributed by atoms with van der Waals surface area (Å²) >= 11 is 0. The molecule has 1 N–H and O–H groups in total. The number of fused-ring (bicyclic) bond motifs is 2. The summed E-state index contributed by atoms with van der Waals surface area (Å²) in [6.07, 6.45) is 4.13. The van der Waals surface area contributed by atoms with E-state index in [4.69, 9.17) is 0 Å². The number of nitrogens with one attached hydrogen (secondary N) is 1. The molecule has 2 aromatic carbocycles. The number of halogens is 1. The Kier molecular flexibility index (Phi) is 3.22. The van der Waals surface area contributed by atoms with E-state index in [1.165, 1.54) is 24.8 Å². The largest absolute Gasteiger partial charge is 0.310 e. The van der Waals surface area contributed by atoms with Crippen LogP contribution in [-0.4, -0.2) is 6.54 Å². The van der Waals surface area contributed by atoms with Crippen LogP contribution in [0, 0.1) is 23.6 Å². The SMILES string of the molecule is CCNC(c1ccc(F)c2ccccc12)C1CC2CC2C1. The topological polar surface area (TPSA) is 12.0 Å². The summed E-state index contributed by atoms with van der Waals surface area (Å²) in [5.74, 6) is 2.55. The quantitative estimate of drug-likeness (QED) is 0.859. The fraction of sp³-hybridized carbons (Fsp3) is 0.474. The van der Waals surface area contributed by atoms with E-state index in [1.54, 1.807) is 6.07 Å². The lowest BCUT2D eigenvalue weighted by Crippen LogP contribution is -2.28. The predicted molar refractivity (Wildman–Crippen MR) is 84.6 cm³/mol. The van der Waals surface area contributed by atoms with Gasteiger partial charge in [-0.25, -0.2) is 4.39 Å². The predicted octanol–water partition coefficient (Wildman–Crippen LogP) is 4.68. The van der Waals surface area contributed by atoms with Crippen molar-refractivity contribution >= 4 is 10.8 Å². The van der Waals surface area contributed by atoms with Gasteiger partial charge in [0.15, 0.2) is 0 Å². The fourth-order valence-corrected chi connectivity index (χ4v) is 4.34. The van der Waals surface area contributed by atoms with Crippen molar-refractivity contribution in [3.8, 4) is 0 Å². The lowest BCUT2D eigenvalue weighted by Gasteiger charge is -2.27. The van der Waals surface area contributed by atoms with Crippen LogP contribution in [-0.2, 0) is 0 Å². The maximum absolute atomic E-state index is 14.0. The lowest BCUT2D eigenvalue weighted by molar-refractivity contribution is 0.348. The van der Waals surface area contributed by atoms with Crippen LogP contribution in [0.3, 0.4) is 0 Å². The highest BCUT2D eigenvalue weighted by atomic mass is 19.1. The Morgan fingerprint density at radius 2 is 1.76 bits per heavy atom. The van der Waals surface area contributed by atoms with Gasteiger partial charge in [-0.1, -0.05) is 37.3 Å². The van der Waals surface area contributed by atoms with E-state index < -0.39 is 0 Å². The van der Waals surface area contributed by atoms with Gasteiger partial charge in [0, 0.05) is 11.4 Å². The van der Waals surface area contributed by atoms with Gasteiger partial charge in [-0.3, -0.25) is 0 Å². The summed E-state index contributed by atoms with van der Waals surface area (Å²) in [4.78, 5) is 0. The molecule has 0 aliphatic heterocycles. The first-order chi connectivity index (χ1) is 10.3. The maximum atomic E-state index is 14.0. The van der Waals surface area contributed by atoms with E-state index in [1.807, 2.05) is 24.3 Å². The summed E-state index contributed by atoms with van der Waals surface area (Å²) in [6.45, 7) is 3.12. The third-order valence-electron chi connectivity index (χ3n) is 5.42. The second-order valence-corrected chi connectivity index (χ2v) is 6.70. The minimum Gasteiger partial charge on any atom is -0.310 e. The van der Waals surface area contributed by atoms with Crippen LogP contribution < -0.4 is 5.32 Å². The van der Waals surface area contributed by atoms with E-state index in [0.717, 1.165) is 29.2 Å². The van der Waals surface area contributed by atoms with E-state index in [2.05, 4.69) is 18.3 Å². The van der Waals surface area contributed by atoms with Crippen molar-refractivity contribution in [2.45, 2.75) is 32.2 Å². The molecular weight excluding hydrogens is 261 g/mol. The van der Waals surface area contributed by atoms with Gasteiger partial charge >= 0.3 is 0 Å². The number of benzene rings is 2. The van der Waals surface area contributed by atoms with Gasteiger partial charge in [0.25, 0.3) is 0 Å². The highest BCUT2D eigenvalue weighted by Gasteiger charge is 2.48. The zero-order valence-corrected chi connectivity index (χ0v) is 12.5. The van der Waals surface area contributed by atoms with Gasteiger partial charge in [-0.15, -0.1) is 0 Å². The molecule has 1 nitrogen and oxygen atoms in total. The Morgan fingerprint density at radius 1 is 1.05 bits per heavy atom. The summed E-state index contributed by atoms with van der Waals surface area (Å²) < 4.78 is 14.0. The molecule has 0 heterocycles. The smallest absolute Gasteiger partial charge is 0.131 e. The lowest BCUT2D eigenvalue weighted by atomic mass is 9.86. The summed E-state index contributed by atoms with van der Waals surface area (Å²) in [6, 6.07) is 11.9. The molecule has 110 valence electrons. The average molecular weight is 283 g/mol. The van der Waals surface area contributed by atoms with Crippen molar-refractivity contribution in [2.24, 2.45) is 17.8 Å². The number of rotatable bonds is 4. The summed E-state index contributed by atoms with van der Waals surface area (Å²) in [7, 11) is 0. The molecule has 0 saturated heterocycles.